The largest absolute Gasteiger partial charge is 0.444 e. The normalized spacial score (nSPS) is 11.0. The summed E-state index contributed by atoms with van der Waals surface area (Å²) in [6.07, 6.45) is 2.48. The summed E-state index contributed by atoms with van der Waals surface area (Å²) < 4.78 is 9.93. The number of esters is 1. The molecule has 0 heterocycles. The van der Waals surface area contributed by atoms with Crippen LogP contribution in [0.15, 0.2) is 30.5 Å². The first kappa shape index (κ1) is 19.2. The van der Waals surface area contributed by atoms with Crippen molar-refractivity contribution in [2.45, 2.75) is 33.3 Å². The molecule has 7 nitrogen and oxygen atoms in total. The number of benzene rings is 1. The van der Waals surface area contributed by atoms with Gasteiger partial charge in [0.25, 0.3) is 0 Å². The molecule has 0 fully saturated rings. The van der Waals surface area contributed by atoms with Gasteiger partial charge in [-0.3, -0.25) is 9.59 Å². The topological polar surface area (TPSA) is 93.7 Å². The van der Waals surface area contributed by atoms with E-state index in [-0.39, 0.29) is 18.4 Å². The molecule has 0 saturated carbocycles. The lowest BCUT2D eigenvalue weighted by molar-refractivity contribution is -0.131. The van der Waals surface area contributed by atoms with Crippen LogP contribution in [0.1, 0.15) is 33.3 Å². The van der Waals surface area contributed by atoms with Crippen LogP contribution >= 0.6 is 0 Å². The minimum absolute atomic E-state index is 0.190. The standard InChI is InChI=1S/C17H22N2O5/c1-12(20)23-14-7-5-13(6-8-14)9-10-18-15(21)11-19-16(22)24-17(2,3)4/h5-10H,11H2,1-4H3,(H,18,21)(H,19,22)/b10-9+. The van der Waals surface area contributed by atoms with Gasteiger partial charge in [0.2, 0.25) is 5.91 Å². The van der Waals surface area contributed by atoms with Crippen LogP contribution in [0.3, 0.4) is 0 Å². The zero-order valence-electron chi connectivity index (χ0n) is 14.2. The summed E-state index contributed by atoms with van der Waals surface area (Å²) in [5.74, 6) is -0.318. The Morgan fingerprint density at radius 3 is 2.29 bits per heavy atom. The van der Waals surface area contributed by atoms with Gasteiger partial charge in [-0.2, -0.15) is 0 Å². The Labute approximate surface area is 141 Å². The van der Waals surface area contributed by atoms with E-state index < -0.39 is 11.7 Å². The van der Waals surface area contributed by atoms with Gasteiger partial charge in [0.1, 0.15) is 17.9 Å². The fourth-order valence-electron chi connectivity index (χ4n) is 1.56. The molecule has 7 heteroatoms. The summed E-state index contributed by atoms with van der Waals surface area (Å²) in [7, 11) is 0. The predicted octanol–water partition coefficient (Wildman–Crippen LogP) is 2.22. The molecule has 130 valence electrons. The summed E-state index contributed by atoms with van der Waals surface area (Å²) in [6, 6.07) is 6.76. The molecule has 0 unspecified atom stereocenters. The molecule has 1 rings (SSSR count). The van der Waals surface area contributed by atoms with Crippen LogP contribution in [0.5, 0.6) is 5.75 Å². The number of nitrogens with one attached hydrogen (secondary N) is 2. The van der Waals surface area contributed by atoms with Crippen molar-refractivity contribution in [1.82, 2.24) is 10.6 Å². The fraction of sp³-hybridized carbons (Fsp3) is 0.353. The lowest BCUT2D eigenvalue weighted by Crippen LogP contribution is -2.38. The van der Waals surface area contributed by atoms with E-state index in [0.29, 0.717) is 5.75 Å². The van der Waals surface area contributed by atoms with Gasteiger partial charge in [0.05, 0.1) is 0 Å². The van der Waals surface area contributed by atoms with Crippen LogP contribution in [-0.2, 0) is 14.3 Å². The van der Waals surface area contributed by atoms with Crippen LogP contribution in [-0.4, -0.2) is 30.1 Å². The second-order valence-electron chi connectivity index (χ2n) is 5.92. The first-order chi connectivity index (χ1) is 11.2. The third kappa shape index (κ3) is 8.57. The van der Waals surface area contributed by atoms with E-state index in [0.717, 1.165) is 5.56 Å². The Balaban J connectivity index is 2.37. The number of alkyl carbamates (subject to hydrolysis) is 1. The van der Waals surface area contributed by atoms with Crippen LogP contribution < -0.4 is 15.4 Å². The van der Waals surface area contributed by atoms with E-state index in [1.54, 1.807) is 51.1 Å². The van der Waals surface area contributed by atoms with Gasteiger partial charge in [0, 0.05) is 13.1 Å². The van der Waals surface area contributed by atoms with Crippen LogP contribution in [0.2, 0.25) is 0 Å². The zero-order valence-corrected chi connectivity index (χ0v) is 14.2. The van der Waals surface area contributed by atoms with Crippen molar-refractivity contribution in [3.8, 4) is 5.75 Å². The number of amides is 2. The molecule has 0 aromatic heterocycles. The van der Waals surface area contributed by atoms with E-state index in [2.05, 4.69) is 10.6 Å². The third-order valence-corrected chi connectivity index (χ3v) is 2.45. The summed E-state index contributed by atoms with van der Waals surface area (Å²) >= 11 is 0. The van der Waals surface area contributed by atoms with E-state index in [9.17, 15) is 14.4 Å². The van der Waals surface area contributed by atoms with Crippen molar-refractivity contribution >= 4 is 24.0 Å². The number of hydrogen-bond acceptors (Lipinski definition) is 5. The second-order valence-corrected chi connectivity index (χ2v) is 5.92. The first-order valence-corrected chi connectivity index (χ1v) is 7.37. The van der Waals surface area contributed by atoms with Gasteiger partial charge in [-0.05, 0) is 44.5 Å². The van der Waals surface area contributed by atoms with Crippen LogP contribution in [0.4, 0.5) is 4.79 Å². The zero-order chi connectivity index (χ0) is 18.2. The maximum absolute atomic E-state index is 11.6. The molecule has 1 aromatic carbocycles. The second kappa shape index (κ2) is 8.71. The lowest BCUT2D eigenvalue weighted by atomic mass is 10.2. The van der Waals surface area contributed by atoms with Crippen molar-refractivity contribution in [3.63, 3.8) is 0 Å². The summed E-state index contributed by atoms with van der Waals surface area (Å²) in [4.78, 5) is 33.8. The molecular formula is C17H22N2O5. The molecule has 0 aliphatic carbocycles. The highest BCUT2D eigenvalue weighted by atomic mass is 16.6. The SMILES string of the molecule is CC(=O)Oc1ccc(/C=C/NC(=O)CNC(=O)OC(C)(C)C)cc1. The molecule has 0 radical (unpaired) electrons. The quantitative estimate of drug-likeness (QED) is 0.636. The third-order valence-electron chi connectivity index (χ3n) is 2.45. The van der Waals surface area contributed by atoms with Crippen molar-refractivity contribution in [3.05, 3.63) is 36.0 Å². The average molecular weight is 334 g/mol. The fourth-order valence-corrected chi connectivity index (χ4v) is 1.56. The minimum Gasteiger partial charge on any atom is -0.444 e. The molecule has 2 amide bonds. The molecular weight excluding hydrogens is 312 g/mol. The van der Waals surface area contributed by atoms with E-state index in [1.807, 2.05) is 0 Å². The summed E-state index contributed by atoms with van der Waals surface area (Å²) in [5, 5.41) is 4.88. The molecule has 0 aliphatic heterocycles. The van der Waals surface area contributed by atoms with Crippen molar-refractivity contribution in [1.29, 1.82) is 0 Å². The molecule has 0 saturated heterocycles. The van der Waals surface area contributed by atoms with Gasteiger partial charge in [-0.1, -0.05) is 12.1 Å². The molecule has 0 atom stereocenters. The van der Waals surface area contributed by atoms with Crippen molar-refractivity contribution < 1.29 is 23.9 Å². The number of ether oxygens (including phenoxy) is 2. The number of hydrogen-bond donors (Lipinski definition) is 2. The Morgan fingerprint density at radius 1 is 1.12 bits per heavy atom. The van der Waals surface area contributed by atoms with Gasteiger partial charge in [-0.25, -0.2) is 4.79 Å². The Morgan fingerprint density at radius 2 is 1.75 bits per heavy atom. The highest BCUT2D eigenvalue weighted by Gasteiger charge is 2.16. The van der Waals surface area contributed by atoms with Crippen LogP contribution in [0, 0.1) is 0 Å². The van der Waals surface area contributed by atoms with E-state index >= 15 is 0 Å². The molecule has 2 N–H and O–H groups in total. The molecule has 0 aliphatic rings. The molecule has 24 heavy (non-hydrogen) atoms. The first-order valence-electron chi connectivity index (χ1n) is 7.37. The molecule has 1 aromatic rings. The van der Waals surface area contributed by atoms with Crippen LogP contribution in [0.25, 0.3) is 6.08 Å². The van der Waals surface area contributed by atoms with Gasteiger partial charge in [-0.15, -0.1) is 0 Å². The average Bonchev–Trinajstić information content (AvgIpc) is 2.45. The Kier molecular flexibility index (Phi) is 6.98. The van der Waals surface area contributed by atoms with Gasteiger partial charge in [0.15, 0.2) is 0 Å². The highest BCUT2D eigenvalue weighted by Crippen LogP contribution is 2.13. The molecule has 0 bridgehead atoms. The predicted molar refractivity (Wildman–Crippen MR) is 89.2 cm³/mol. The van der Waals surface area contributed by atoms with Crippen molar-refractivity contribution in [2.75, 3.05) is 6.54 Å². The number of carbonyl (C=O) groups is 3. The number of rotatable bonds is 5. The Bertz CT molecular complexity index is 615. The maximum Gasteiger partial charge on any atom is 0.408 e. The maximum atomic E-state index is 11.6. The Hall–Kier alpha value is -2.83. The van der Waals surface area contributed by atoms with Gasteiger partial charge < -0.3 is 20.1 Å². The minimum atomic E-state index is -0.650. The number of carbonyl (C=O) groups excluding carboxylic acids is 3. The van der Waals surface area contributed by atoms with Crippen molar-refractivity contribution in [2.24, 2.45) is 0 Å². The van der Waals surface area contributed by atoms with E-state index in [4.69, 9.17) is 9.47 Å². The molecule has 0 spiro atoms. The van der Waals surface area contributed by atoms with E-state index in [1.165, 1.54) is 13.1 Å². The summed E-state index contributed by atoms with van der Waals surface area (Å²) in [5.41, 5.74) is 0.199. The monoisotopic (exact) mass is 334 g/mol. The smallest absolute Gasteiger partial charge is 0.408 e. The summed E-state index contributed by atoms with van der Waals surface area (Å²) in [6.45, 7) is 6.35. The lowest BCUT2D eigenvalue weighted by Gasteiger charge is -2.19. The van der Waals surface area contributed by atoms with Gasteiger partial charge >= 0.3 is 12.1 Å². The highest BCUT2D eigenvalue weighted by molar-refractivity contribution is 5.83.